The fourth-order valence-corrected chi connectivity index (χ4v) is 3.89. The minimum Gasteiger partial charge on any atom is -0.462 e. The van der Waals surface area contributed by atoms with Gasteiger partial charge in [0.15, 0.2) is 6.10 Å². The van der Waals surface area contributed by atoms with E-state index in [0.29, 0.717) is 12.8 Å². The van der Waals surface area contributed by atoms with Crippen molar-refractivity contribution in [3.63, 3.8) is 0 Å². The molecule has 0 radical (unpaired) electrons. The van der Waals surface area contributed by atoms with Crippen LogP contribution in [0.15, 0.2) is 97.2 Å². The predicted molar refractivity (Wildman–Crippen MR) is 186 cm³/mol. The molecule has 44 heavy (non-hydrogen) atoms. The largest absolute Gasteiger partial charge is 0.462 e. The number of carbonyl (C=O) groups excluding carboxylic acids is 2. The zero-order chi connectivity index (χ0) is 32.2. The van der Waals surface area contributed by atoms with E-state index in [1.54, 1.807) is 0 Å². The van der Waals surface area contributed by atoms with Crippen LogP contribution in [0.1, 0.15) is 117 Å². The van der Waals surface area contributed by atoms with E-state index in [1.807, 2.05) is 0 Å². The van der Waals surface area contributed by atoms with Crippen molar-refractivity contribution in [2.45, 2.75) is 123 Å². The van der Waals surface area contributed by atoms with E-state index in [9.17, 15) is 14.7 Å². The summed E-state index contributed by atoms with van der Waals surface area (Å²) in [5.74, 6) is -0.703. The molecule has 0 saturated heterocycles. The van der Waals surface area contributed by atoms with Gasteiger partial charge in [-0.05, 0) is 89.9 Å². The van der Waals surface area contributed by atoms with Crippen molar-refractivity contribution >= 4 is 11.9 Å². The molecule has 0 spiro atoms. The Morgan fingerprint density at radius 2 is 0.886 bits per heavy atom. The van der Waals surface area contributed by atoms with Crippen molar-refractivity contribution in [2.24, 2.45) is 0 Å². The summed E-state index contributed by atoms with van der Waals surface area (Å²) in [7, 11) is 0. The monoisotopic (exact) mass is 608 g/mol. The van der Waals surface area contributed by atoms with Crippen molar-refractivity contribution in [3.8, 4) is 0 Å². The summed E-state index contributed by atoms with van der Waals surface area (Å²) in [4.78, 5) is 24.1. The SMILES string of the molecule is CC/C=C\C/C=C\C/C=C\C/C=C\CCCCC(=O)OC[C@H](CO)OC(=O)CCCC/C=C\C/C=C\C/C=C\C/C=C\CC. The maximum absolute atomic E-state index is 12.1. The third kappa shape index (κ3) is 31.7. The number of allylic oxidation sites excluding steroid dienone is 16. The summed E-state index contributed by atoms with van der Waals surface area (Å²) in [5.41, 5.74) is 0. The molecule has 0 aliphatic heterocycles. The summed E-state index contributed by atoms with van der Waals surface area (Å²) in [6.45, 7) is 3.80. The van der Waals surface area contributed by atoms with Gasteiger partial charge in [-0.15, -0.1) is 0 Å². The second-order valence-corrected chi connectivity index (χ2v) is 10.5. The van der Waals surface area contributed by atoms with Gasteiger partial charge in [0.1, 0.15) is 6.61 Å². The number of unbranched alkanes of at least 4 members (excludes halogenated alkanes) is 4. The van der Waals surface area contributed by atoms with E-state index in [4.69, 9.17) is 9.47 Å². The van der Waals surface area contributed by atoms with E-state index < -0.39 is 6.10 Å². The Morgan fingerprint density at radius 3 is 1.27 bits per heavy atom. The lowest BCUT2D eigenvalue weighted by Crippen LogP contribution is -2.28. The van der Waals surface area contributed by atoms with Gasteiger partial charge in [0.05, 0.1) is 6.61 Å². The van der Waals surface area contributed by atoms with Gasteiger partial charge in [0, 0.05) is 12.8 Å². The lowest BCUT2D eigenvalue weighted by molar-refractivity contribution is -0.161. The molecule has 0 aromatic rings. The molecule has 0 aliphatic rings. The number of aliphatic hydroxyl groups is 1. The van der Waals surface area contributed by atoms with E-state index in [1.165, 1.54) is 0 Å². The van der Waals surface area contributed by atoms with E-state index in [-0.39, 0.29) is 31.6 Å². The molecular weight excluding hydrogens is 548 g/mol. The Labute approximate surface area is 268 Å². The van der Waals surface area contributed by atoms with Crippen molar-refractivity contribution < 1.29 is 24.2 Å². The molecule has 1 N–H and O–H groups in total. The zero-order valence-corrected chi connectivity index (χ0v) is 27.6. The number of carbonyl (C=O) groups is 2. The van der Waals surface area contributed by atoms with Gasteiger partial charge < -0.3 is 14.6 Å². The first kappa shape index (κ1) is 40.8. The molecule has 0 aromatic carbocycles. The normalized spacial score (nSPS) is 13.4. The minimum atomic E-state index is -0.815. The van der Waals surface area contributed by atoms with Crippen molar-refractivity contribution in [2.75, 3.05) is 13.2 Å². The van der Waals surface area contributed by atoms with Gasteiger partial charge in [0.25, 0.3) is 0 Å². The number of ether oxygens (including phenoxy) is 2. The molecule has 246 valence electrons. The van der Waals surface area contributed by atoms with Gasteiger partial charge >= 0.3 is 11.9 Å². The molecule has 0 bridgehead atoms. The smallest absolute Gasteiger partial charge is 0.306 e. The average Bonchev–Trinajstić information content (AvgIpc) is 3.02. The summed E-state index contributed by atoms with van der Waals surface area (Å²) in [6.07, 6.45) is 47.5. The van der Waals surface area contributed by atoms with Crippen molar-refractivity contribution in [1.82, 2.24) is 0 Å². The van der Waals surface area contributed by atoms with E-state index >= 15 is 0 Å². The molecule has 1 atom stereocenters. The van der Waals surface area contributed by atoms with Crippen LogP contribution in [-0.2, 0) is 19.1 Å². The van der Waals surface area contributed by atoms with Crippen LogP contribution in [-0.4, -0.2) is 36.4 Å². The lowest BCUT2D eigenvalue weighted by Gasteiger charge is -2.15. The summed E-state index contributed by atoms with van der Waals surface area (Å²) in [5, 5.41) is 9.50. The number of hydrogen-bond acceptors (Lipinski definition) is 5. The Morgan fingerprint density at radius 1 is 0.523 bits per heavy atom. The molecular formula is C39H60O5. The Bertz CT molecular complexity index is 917. The van der Waals surface area contributed by atoms with Crippen LogP contribution in [0.4, 0.5) is 0 Å². The molecule has 0 fully saturated rings. The molecule has 0 aromatic heterocycles. The molecule has 0 unspecified atom stereocenters. The van der Waals surface area contributed by atoms with Gasteiger partial charge in [-0.3, -0.25) is 9.59 Å². The van der Waals surface area contributed by atoms with Crippen molar-refractivity contribution in [3.05, 3.63) is 97.2 Å². The van der Waals surface area contributed by atoms with Gasteiger partial charge in [-0.1, -0.05) is 111 Å². The van der Waals surface area contributed by atoms with Gasteiger partial charge in [-0.2, -0.15) is 0 Å². The van der Waals surface area contributed by atoms with Crippen LogP contribution >= 0.6 is 0 Å². The van der Waals surface area contributed by atoms with E-state index in [2.05, 4.69) is 111 Å². The minimum absolute atomic E-state index is 0.111. The standard InChI is InChI=1S/C39H60O5/c1-3-5-7-9-11-13-15-17-19-21-23-25-27-29-31-33-38(41)43-36-37(35-40)44-39(42)34-32-30-28-26-24-22-20-18-16-14-12-10-8-6-4-2/h5-8,11-14,17-20,23-26,37,40H,3-4,9-10,15-16,21-22,27-36H2,1-2H3/b7-5-,8-6-,13-11-,14-12-,19-17-,20-18-,25-23-,26-24-/t37-/m0/s1. The Hall–Kier alpha value is -3.18. The Balaban J connectivity index is 3.79. The number of hydrogen-bond donors (Lipinski definition) is 1. The summed E-state index contributed by atoms with van der Waals surface area (Å²) >= 11 is 0. The highest BCUT2D eigenvalue weighted by Crippen LogP contribution is 2.07. The lowest BCUT2D eigenvalue weighted by atomic mass is 10.1. The molecule has 5 nitrogen and oxygen atoms in total. The number of esters is 2. The highest BCUT2D eigenvalue weighted by atomic mass is 16.6. The van der Waals surface area contributed by atoms with Crippen LogP contribution in [0.2, 0.25) is 0 Å². The molecule has 5 heteroatoms. The third-order valence-corrected chi connectivity index (χ3v) is 6.37. The van der Waals surface area contributed by atoms with Crippen molar-refractivity contribution in [1.29, 1.82) is 0 Å². The third-order valence-electron chi connectivity index (χ3n) is 6.37. The molecule has 0 heterocycles. The second-order valence-electron chi connectivity index (χ2n) is 10.5. The topological polar surface area (TPSA) is 72.8 Å². The number of aliphatic hydroxyl groups excluding tert-OH is 1. The molecule has 0 saturated carbocycles. The van der Waals surface area contributed by atoms with Gasteiger partial charge in [-0.25, -0.2) is 0 Å². The van der Waals surface area contributed by atoms with Gasteiger partial charge in [0.2, 0.25) is 0 Å². The average molecular weight is 609 g/mol. The zero-order valence-electron chi connectivity index (χ0n) is 27.6. The highest BCUT2D eigenvalue weighted by molar-refractivity contribution is 5.70. The fourth-order valence-electron chi connectivity index (χ4n) is 3.89. The maximum atomic E-state index is 12.1. The highest BCUT2D eigenvalue weighted by Gasteiger charge is 2.15. The first-order chi connectivity index (χ1) is 21.6. The first-order valence-corrected chi connectivity index (χ1v) is 16.8. The molecule has 0 aliphatic carbocycles. The summed E-state index contributed by atoms with van der Waals surface area (Å²) in [6, 6.07) is 0. The summed E-state index contributed by atoms with van der Waals surface area (Å²) < 4.78 is 10.5. The first-order valence-electron chi connectivity index (χ1n) is 16.8. The van der Waals surface area contributed by atoms with Crippen LogP contribution in [0, 0.1) is 0 Å². The van der Waals surface area contributed by atoms with Crippen LogP contribution < -0.4 is 0 Å². The maximum Gasteiger partial charge on any atom is 0.306 e. The molecule has 0 rings (SSSR count). The van der Waals surface area contributed by atoms with Crippen LogP contribution in [0.5, 0.6) is 0 Å². The fraction of sp³-hybridized carbons (Fsp3) is 0.538. The van der Waals surface area contributed by atoms with Crippen LogP contribution in [0.3, 0.4) is 0 Å². The quantitative estimate of drug-likeness (QED) is 0.0543. The number of rotatable bonds is 28. The Kier molecular flexibility index (Phi) is 31.8. The second kappa shape index (κ2) is 34.3. The molecule has 0 amide bonds. The van der Waals surface area contributed by atoms with E-state index in [0.717, 1.165) is 83.5 Å². The predicted octanol–water partition coefficient (Wildman–Crippen LogP) is 10.2. The van der Waals surface area contributed by atoms with Crippen LogP contribution in [0.25, 0.3) is 0 Å².